The number of hydrogen-bond donors (Lipinski definition) is 2. The van der Waals surface area contributed by atoms with Gasteiger partial charge in [-0.2, -0.15) is 0 Å². The monoisotopic (exact) mass is 590 g/mol. The molecular weight excluding hydrogens is 566 g/mol. The zero-order chi connectivity index (χ0) is 28.1. The van der Waals surface area contributed by atoms with Gasteiger partial charge in [0.1, 0.15) is 23.0 Å². The number of benzene rings is 3. The number of methoxy groups -OCH3 is 1. The molecule has 3 aromatic carbocycles. The molecule has 1 amide bonds. The molecule has 4 rings (SSSR count). The number of rotatable bonds is 10. The third-order valence-electron chi connectivity index (χ3n) is 6.11. The van der Waals surface area contributed by atoms with E-state index in [0.717, 1.165) is 28.1 Å². The van der Waals surface area contributed by atoms with Crippen molar-refractivity contribution in [2.45, 2.75) is 26.2 Å². The predicted molar refractivity (Wildman–Crippen MR) is 152 cm³/mol. The van der Waals surface area contributed by atoms with Crippen LogP contribution in [-0.2, 0) is 17.3 Å². The Hall–Kier alpha value is -3.47. The predicted octanol–water partition coefficient (Wildman–Crippen LogP) is 6.00. The number of unbranched alkanes of at least 4 members (excludes halogenated alkanes) is 1. The van der Waals surface area contributed by atoms with Crippen LogP contribution in [0, 0.1) is 12.7 Å². The van der Waals surface area contributed by atoms with Crippen molar-refractivity contribution in [3.63, 3.8) is 0 Å². The van der Waals surface area contributed by atoms with Crippen molar-refractivity contribution in [1.29, 1.82) is 0 Å². The van der Waals surface area contributed by atoms with Crippen molar-refractivity contribution in [3.05, 3.63) is 87.5 Å². The van der Waals surface area contributed by atoms with Crippen molar-refractivity contribution < 1.29 is 22.3 Å². The highest BCUT2D eigenvalue weighted by molar-refractivity contribution is 7.74. The first-order valence-electron chi connectivity index (χ1n) is 11.9. The van der Waals surface area contributed by atoms with E-state index in [0.29, 0.717) is 23.8 Å². The topological polar surface area (TPSA) is 101 Å². The molecule has 0 radical (unpaired) electrons. The first-order chi connectivity index (χ1) is 18.7. The van der Waals surface area contributed by atoms with Crippen LogP contribution in [0.5, 0.6) is 5.75 Å². The van der Waals surface area contributed by atoms with Crippen LogP contribution in [-0.4, -0.2) is 37.9 Å². The second kappa shape index (κ2) is 12.6. The van der Waals surface area contributed by atoms with Crippen molar-refractivity contribution in [3.8, 4) is 5.75 Å². The van der Waals surface area contributed by atoms with Gasteiger partial charge in [-0.05, 0) is 73.7 Å². The Kier molecular flexibility index (Phi) is 9.21. The SMILES string of the molecule is COc1ccc(CCCCN(c2ccc(F)c(NC(=O)c3cc(C)cc4c(Cl)ncnc34)c2Cl)[SH](=O)=O)cc1. The van der Waals surface area contributed by atoms with Gasteiger partial charge in [-0.1, -0.05) is 35.3 Å². The Morgan fingerprint density at radius 1 is 1.08 bits per heavy atom. The minimum atomic E-state index is -3.09. The number of thiol groups is 1. The van der Waals surface area contributed by atoms with Gasteiger partial charge in [0.05, 0.1) is 34.6 Å². The molecule has 12 heteroatoms. The number of aryl methyl sites for hydroxylation is 2. The van der Waals surface area contributed by atoms with Crippen LogP contribution in [0.4, 0.5) is 15.8 Å². The van der Waals surface area contributed by atoms with E-state index >= 15 is 0 Å². The lowest BCUT2D eigenvalue weighted by Gasteiger charge is -2.21. The van der Waals surface area contributed by atoms with Gasteiger partial charge in [0.25, 0.3) is 5.91 Å². The number of nitrogens with one attached hydrogen (secondary N) is 1. The number of nitrogens with zero attached hydrogens (tertiary/aromatic N) is 3. The van der Waals surface area contributed by atoms with Crippen LogP contribution in [0.15, 0.2) is 54.9 Å². The van der Waals surface area contributed by atoms with Gasteiger partial charge in [0.15, 0.2) is 0 Å². The van der Waals surface area contributed by atoms with E-state index in [9.17, 15) is 17.6 Å². The maximum atomic E-state index is 14.9. The van der Waals surface area contributed by atoms with Crippen molar-refractivity contribution in [2.75, 3.05) is 23.3 Å². The normalized spacial score (nSPS) is 11.1. The summed E-state index contributed by atoms with van der Waals surface area (Å²) in [4.78, 5) is 21.3. The number of aromatic nitrogens is 2. The molecule has 0 atom stereocenters. The lowest BCUT2D eigenvalue weighted by atomic mass is 10.1. The fraction of sp³-hybridized carbons (Fsp3) is 0.222. The summed E-state index contributed by atoms with van der Waals surface area (Å²) in [5.74, 6) is -0.744. The van der Waals surface area contributed by atoms with Crippen molar-refractivity contribution >= 4 is 62.3 Å². The second-order valence-electron chi connectivity index (χ2n) is 8.75. The molecule has 0 saturated heterocycles. The number of fused-ring (bicyclic) bond motifs is 1. The smallest absolute Gasteiger partial charge is 0.258 e. The van der Waals surface area contributed by atoms with E-state index in [-0.39, 0.29) is 39.2 Å². The third-order valence-corrected chi connectivity index (χ3v) is 7.60. The Morgan fingerprint density at radius 2 is 1.82 bits per heavy atom. The van der Waals surface area contributed by atoms with Crippen molar-refractivity contribution in [1.82, 2.24) is 9.97 Å². The van der Waals surface area contributed by atoms with Crippen LogP contribution >= 0.6 is 23.2 Å². The van der Waals surface area contributed by atoms with E-state index in [1.54, 1.807) is 26.2 Å². The van der Waals surface area contributed by atoms with Crippen LogP contribution in [0.25, 0.3) is 10.9 Å². The van der Waals surface area contributed by atoms with Crippen LogP contribution in [0.2, 0.25) is 10.2 Å². The van der Waals surface area contributed by atoms with E-state index in [2.05, 4.69) is 15.3 Å². The average Bonchev–Trinajstić information content (AvgIpc) is 2.92. The summed E-state index contributed by atoms with van der Waals surface area (Å²) in [5, 5.41) is 2.89. The summed E-state index contributed by atoms with van der Waals surface area (Å²) in [5.41, 5.74) is 1.96. The summed E-state index contributed by atoms with van der Waals surface area (Å²) >= 11 is 12.6. The van der Waals surface area contributed by atoms with E-state index in [1.165, 1.54) is 12.4 Å². The minimum Gasteiger partial charge on any atom is -0.497 e. The lowest BCUT2D eigenvalue weighted by Crippen LogP contribution is -2.24. The van der Waals surface area contributed by atoms with Crippen LogP contribution < -0.4 is 14.4 Å². The Labute approximate surface area is 236 Å². The zero-order valence-electron chi connectivity index (χ0n) is 21.1. The Balaban J connectivity index is 1.54. The van der Waals surface area contributed by atoms with Gasteiger partial charge < -0.3 is 10.1 Å². The molecule has 0 fully saturated rings. The summed E-state index contributed by atoms with van der Waals surface area (Å²) in [6.07, 6.45) is 3.20. The van der Waals surface area contributed by atoms with Gasteiger partial charge in [0, 0.05) is 11.9 Å². The third kappa shape index (κ3) is 6.58. The molecular formula is C27H25Cl2FN4O4S. The number of halogens is 3. The van der Waals surface area contributed by atoms with Crippen LogP contribution in [0.3, 0.4) is 0 Å². The summed E-state index contributed by atoms with van der Waals surface area (Å²) in [6.45, 7) is 1.90. The van der Waals surface area contributed by atoms with Crippen LogP contribution in [0.1, 0.15) is 34.3 Å². The average molecular weight is 591 g/mol. The first-order valence-corrected chi connectivity index (χ1v) is 13.8. The molecule has 0 aliphatic heterocycles. The zero-order valence-corrected chi connectivity index (χ0v) is 23.5. The standard InChI is InChI=1S/C27H25Cl2FN4O4S/c1-16-13-19-24(31-15-32-26(19)29)20(14-16)27(35)33-25-21(30)10-11-22(23(25)28)34(39(36)37)12-4-3-5-17-6-8-18(38-2)9-7-17/h6-11,13-15,39H,3-5,12H2,1-2H3,(H,33,35). The van der Waals surface area contributed by atoms with Gasteiger partial charge >= 0.3 is 0 Å². The van der Waals surface area contributed by atoms with E-state index in [1.807, 2.05) is 24.3 Å². The molecule has 0 aliphatic carbocycles. The van der Waals surface area contributed by atoms with Gasteiger partial charge in [-0.3, -0.25) is 9.10 Å². The first kappa shape index (κ1) is 28.5. The number of hydrogen-bond acceptors (Lipinski definition) is 6. The summed E-state index contributed by atoms with van der Waals surface area (Å²) in [6, 6.07) is 13.3. The number of ether oxygens (including phenoxy) is 1. The molecule has 0 saturated carbocycles. The fourth-order valence-electron chi connectivity index (χ4n) is 4.16. The number of anilines is 2. The molecule has 0 aliphatic rings. The van der Waals surface area contributed by atoms with E-state index in [4.69, 9.17) is 27.9 Å². The number of amides is 1. The minimum absolute atomic E-state index is 0.0633. The molecule has 4 aromatic rings. The molecule has 0 unspecified atom stereocenters. The highest BCUT2D eigenvalue weighted by Gasteiger charge is 2.22. The largest absolute Gasteiger partial charge is 0.497 e. The van der Waals surface area contributed by atoms with E-state index < -0.39 is 22.6 Å². The molecule has 0 spiro atoms. The second-order valence-corrected chi connectivity index (χ2v) is 10.4. The molecule has 1 N–H and O–H groups in total. The van der Waals surface area contributed by atoms with Gasteiger partial charge in [0.2, 0.25) is 10.9 Å². The van der Waals surface area contributed by atoms with Gasteiger partial charge in [-0.15, -0.1) is 0 Å². The summed E-state index contributed by atoms with van der Waals surface area (Å²) < 4.78 is 45.3. The molecule has 1 aromatic heterocycles. The summed E-state index contributed by atoms with van der Waals surface area (Å²) in [7, 11) is -1.49. The van der Waals surface area contributed by atoms with Crippen molar-refractivity contribution in [2.24, 2.45) is 0 Å². The molecule has 8 nitrogen and oxygen atoms in total. The number of carbonyl (C=O) groups is 1. The highest BCUT2D eigenvalue weighted by Crippen LogP contribution is 2.36. The highest BCUT2D eigenvalue weighted by atomic mass is 35.5. The molecule has 204 valence electrons. The number of carbonyl (C=O) groups excluding carboxylic acids is 1. The molecule has 39 heavy (non-hydrogen) atoms. The Morgan fingerprint density at radius 3 is 2.51 bits per heavy atom. The lowest BCUT2D eigenvalue weighted by molar-refractivity contribution is 0.102. The fourth-order valence-corrected chi connectivity index (χ4v) is 5.36. The van der Waals surface area contributed by atoms with Gasteiger partial charge in [-0.25, -0.2) is 22.8 Å². The molecule has 0 bridgehead atoms. The maximum Gasteiger partial charge on any atom is 0.258 e. The maximum absolute atomic E-state index is 14.9. The molecule has 1 heterocycles. The quantitative estimate of drug-likeness (QED) is 0.133. The Bertz CT molecular complexity index is 1590.